The van der Waals surface area contributed by atoms with Crippen LogP contribution in [0.5, 0.6) is 0 Å². The molecule has 0 aromatic carbocycles. The van der Waals surface area contributed by atoms with E-state index in [1.54, 1.807) is 4.90 Å². The Balaban J connectivity index is 2.41. The van der Waals surface area contributed by atoms with Crippen molar-refractivity contribution in [1.29, 1.82) is 0 Å². The highest BCUT2D eigenvalue weighted by Gasteiger charge is 2.38. The van der Waals surface area contributed by atoms with Gasteiger partial charge in [0.25, 0.3) is 0 Å². The number of hydrogen-bond donors (Lipinski definition) is 2. The molecule has 0 radical (unpaired) electrons. The molecule has 2 amide bonds. The van der Waals surface area contributed by atoms with Crippen molar-refractivity contribution in [2.75, 3.05) is 13.1 Å². The second kappa shape index (κ2) is 6.91. The van der Waals surface area contributed by atoms with Crippen LogP contribution in [0.25, 0.3) is 0 Å². The van der Waals surface area contributed by atoms with Crippen LogP contribution in [0.2, 0.25) is 0 Å². The van der Waals surface area contributed by atoms with Gasteiger partial charge in [0.2, 0.25) is 11.8 Å². The quantitative estimate of drug-likeness (QED) is 0.740. The van der Waals surface area contributed by atoms with Gasteiger partial charge in [-0.3, -0.25) is 14.4 Å². The van der Waals surface area contributed by atoms with Gasteiger partial charge in [-0.25, -0.2) is 0 Å². The molecular weight excluding hydrogens is 272 g/mol. The van der Waals surface area contributed by atoms with Gasteiger partial charge in [0.15, 0.2) is 0 Å². The Morgan fingerprint density at radius 2 is 1.81 bits per heavy atom. The number of amides is 2. The van der Waals surface area contributed by atoms with Crippen LogP contribution in [0.1, 0.15) is 47.0 Å². The van der Waals surface area contributed by atoms with E-state index in [0.29, 0.717) is 12.5 Å². The van der Waals surface area contributed by atoms with E-state index in [1.165, 1.54) is 0 Å². The summed E-state index contributed by atoms with van der Waals surface area (Å²) in [5.74, 6) is -0.489. The molecule has 0 aliphatic heterocycles. The van der Waals surface area contributed by atoms with Gasteiger partial charge in [-0.2, -0.15) is 0 Å². The van der Waals surface area contributed by atoms with Crippen molar-refractivity contribution in [3.8, 4) is 0 Å². The lowest BCUT2D eigenvalue weighted by Crippen LogP contribution is -2.47. The van der Waals surface area contributed by atoms with E-state index >= 15 is 0 Å². The van der Waals surface area contributed by atoms with E-state index < -0.39 is 11.5 Å². The molecule has 0 saturated heterocycles. The summed E-state index contributed by atoms with van der Waals surface area (Å²) in [5.41, 5.74) is -0.429. The molecule has 21 heavy (non-hydrogen) atoms. The zero-order valence-corrected chi connectivity index (χ0v) is 13.3. The molecule has 120 valence electrons. The van der Waals surface area contributed by atoms with Crippen LogP contribution in [-0.4, -0.2) is 46.4 Å². The highest BCUT2D eigenvalue weighted by molar-refractivity contribution is 5.82. The maximum atomic E-state index is 12.2. The highest BCUT2D eigenvalue weighted by Crippen LogP contribution is 2.37. The molecule has 1 saturated carbocycles. The number of carboxylic acids is 1. The van der Waals surface area contributed by atoms with Gasteiger partial charge in [-0.05, 0) is 33.1 Å². The lowest BCUT2D eigenvalue weighted by atomic mass is 10.0. The van der Waals surface area contributed by atoms with E-state index in [9.17, 15) is 14.4 Å². The van der Waals surface area contributed by atoms with Crippen molar-refractivity contribution >= 4 is 17.8 Å². The molecule has 2 N–H and O–H groups in total. The van der Waals surface area contributed by atoms with Gasteiger partial charge in [0.05, 0.1) is 6.42 Å². The molecule has 1 aliphatic rings. The number of carbonyl (C=O) groups is 3. The Labute approximate surface area is 125 Å². The molecule has 0 aromatic rings. The summed E-state index contributed by atoms with van der Waals surface area (Å²) < 4.78 is 0. The second-order valence-corrected chi connectivity index (χ2v) is 6.72. The smallest absolute Gasteiger partial charge is 0.305 e. The Hall–Kier alpha value is -1.59. The Morgan fingerprint density at radius 1 is 1.24 bits per heavy atom. The van der Waals surface area contributed by atoms with Crippen LogP contribution in [0.3, 0.4) is 0 Å². The molecule has 1 fully saturated rings. The Morgan fingerprint density at radius 3 is 2.24 bits per heavy atom. The zero-order valence-electron chi connectivity index (χ0n) is 13.3. The number of carbonyl (C=O) groups excluding carboxylic acids is 2. The number of carboxylic acid groups (broad SMARTS) is 1. The molecule has 1 aliphatic carbocycles. The predicted molar refractivity (Wildman–Crippen MR) is 78.6 cm³/mol. The minimum Gasteiger partial charge on any atom is -0.481 e. The molecular formula is C15H26N2O4. The number of aliphatic carboxylic acids is 1. The van der Waals surface area contributed by atoms with E-state index in [2.05, 4.69) is 5.32 Å². The topological polar surface area (TPSA) is 86.7 Å². The average molecular weight is 298 g/mol. The molecule has 1 rings (SSSR count). The van der Waals surface area contributed by atoms with Crippen molar-refractivity contribution in [3.63, 3.8) is 0 Å². The Bertz CT molecular complexity index is 414. The summed E-state index contributed by atoms with van der Waals surface area (Å²) in [7, 11) is 0. The van der Waals surface area contributed by atoms with Crippen molar-refractivity contribution in [3.05, 3.63) is 0 Å². The average Bonchev–Trinajstić information content (AvgIpc) is 3.04. The Kier molecular flexibility index (Phi) is 5.75. The van der Waals surface area contributed by atoms with Crippen LogP contribution >= 0.6 is 0 Å². The van der Waals surface area contributed by atoms with Gasteiger partial charge in [0.1, 0.15) is 0 Å². The summed E-state index contributed by atoms with van der Waals surface area (Å²) in [5, 5.41) is 11.5. The summed E-state index contributed by atoms with van der Waals surface area (Å²) in [6.07, 6.45) is 1.05. The lowest BCUT2D eigenvalue weighted by Gasteiger charge is -2.35. The lowest BCUT2D eigenvalue weighted by molar-refractivity contribution is -0.140. The summed E-state index contributed by atoms with van der Waals surface area (Å²) in [4.78, 5) is 36.1. The van der Waals surface area contributed by atoms with Crippen LogP contribution < -0.4 is 5.32 Å². The third-order valence-corrected chi connectivity index (χ3v) is 3.74. The summed E-state index contributed by atoms with van der Waals surface area (Å²) in [6, 6.07) is 0. The molecule has 6 nitrogen and oxygen atoms in total. The summed E-state index contributed by atoms with van der Waals surface area (Å²) in [6.45, 7) is 8.14. The number of hydrogen-bond acceptors (Lipinski definition) is 3. The fraction of sp³-hybridized carbons (Fsp3) is 0.800. The van der Waals surface area contributed by atoms with Crippen molar-refractivity contribution in [2.45, 2.75) is 52.5 Å². The molecule has 0 aromatic heterocycles. The largest absolute Gasteiger partial charge is 0.481 e. The number of nitrogens with one attached hydrogen (secondary N) is 1. The first-order valence-corrected chi connectivity index (χ1v) is 7.43. The van der Waals surface area contributed by atoms with E-state index in [1.807, 2.05) is 27.7 Å². The van der Waals surface area contributed by atoms with Gasteiger partial charge in [0, 0.05) is 31.0 Å². The van der Waals surface area contributed by atoms with Crippen LogP contribution in [0, 0.1) is 11.8 Å². The summed E-state index contributed by atoms with van der Waals surface area (Å²) >= 11 is 0. The second-order valence-electron chi connectivity index (χ2n) is 6.72. The van der Waals surface area contributed by atoms with Crippen LogP contribution in [0.4, 0.5) is 0 Å². The van der Waals surface area contributed by atoms with E-state index in [0.717, 1.165) is 6.42 Å². The standard InChI is InChI=1S/C15H26N2O4/c1-10-9-11(10)14(21)16-7-5-12(18)17(15(2,3)4)8-6-13(19)20/h10-11H,5-9H2,1-4H3,(H,16,21)(H,19,20). The minimum absolute atomic E-state index is 0.0168. The van der Waals surface area contributed by atoms with E-state index in [4.69, 9.17) is 5.11 Å². The fourth-order valence-corrected chi connectivity index (χ4v) is 2.29. The van der Waals surface area contributed by atoms with E-state index in [-0.39, 0.29) is 37.1 Å². The normalized spacial score (nSPS) is 20.8. The number of nitrogens with zero attached hydrogens (tertiary/aromatic N) is 1. The molecule has 0 spiro atoms. The number of rotatable bonds is 7. The third-order valence-electron chi connectivity index (χ3n) is 3.74. The monoisotopic (exact) mass is 298 g/mol. The molecule has 0 bridgehead atoms. The maximum absolute atomic E-state index is 12.2. The third kappa shape index (κ3) is 5.73. The zero-order chi connectivity index (χ0) is 16.2. The molecule has 2 atom stereocenters. The molecule has 2 unspecified atom stereocenters. The fourth-order valence-electron chi connectivity index (χ4n) is 2.29. The van der Waals surface area contributed by atoms with Gasteiger partial charge in [-0.1, -0.05) is 6.92 Å². The van der Waals surface area contributed by atoms with Crippen molar-refractivity contribution in [1.82, 2.24) is 10.2 Å². The first kappa shape index (κ1) is 17.5. The highest BCUT2D eigenvalue weighted by atomic mass is 16.4. The maximum Gasteiger partial charge on any atom is 0.305 e. The van der Waals surface area contributed by atoms with Crippen molar-refractivity contribution in [2.24, 2.45) is 11.8 Å². The first-order valence-electron chi connectivity index (χ1n) is 7.43. The van der Waals surface area contributed by atoms with Gasteiger partial charge in [-0.15, -0.1) is 0 Å². The SMILES string of the molecule is CC1CC1C(=O)NCCC(=O)N(CCC(=O)O)C(C)(C)C. The minimum atomic E-state index is -0.923. The van der Waals surface area contributed by atoms with Crippen LogP contribution in [0.15, 0.2) is 0 Å². The molecule has 6 heteroatoms. The van der Waals surface area contributed by atoms with Gasteiger partial charge >= 0.3 is 5.97 Å². The molecule has 0 heterocycles. The predicted octanol–water partition coefficient (Wildman–Crippen LogP) is 1.25. The van der Waals surface area contributed by atoms with Crippen LogP contribution in [-0.2, 0) is 14.4 Å². The first-order chi connectivity index (χ1) is 9.62. The van der Waals surface area contributed by atoms with Gasteiger partial charge < -0.3 is 15.3 Å². The van der Waals surface area contributed by atoms with Crippen molar-refractivity contribution < 1.29 is 19.5 Å².